The molecule has 0 aliphatic carbocycles. The number of methoxy groups -OCH3 is 3. The molecule has 31 heavy (non-hydrogen) atoms. The molecule has 3 rings (SSSR count). The van der Waals surface area contributed by atoms with E-state index in [-0.39, 0.29) is 13.1 Å². The van der Waals surface area contributed by atoms with E-state index in [0.717, 1.165) is 16.8 Å². The van der Waals surface area contributed by atoms with E-state index >= 15 is 0 Å². The number of anilines is 2. The minimum Gasteiger partial charge on any atom is -0.624 e. The Hall–Kier alpha value is -2.97. The van der Waals surface area contributed by atoms with Gasteiger partial charge in [-0.1, -0.05) is 0 Å². The first-order valence-electron chi connectivity index (χ1n) is 10.2. The van der Waals surface area contributed by atoms with Gasteiger partial charge in [0.1, 0.15) is 30.3 Å². The summed E-state index contributed by atoms with van der Waals surface area (Å²) in [6, 6.07) is 8.89. The molecule has 2 aromatic carbocycles. The highest BCUT2D eigenvalue weighted by Crippen LogP contribution is 2.33. The van der Waals surface area contributed by atoms with Crippen LogP contribution in [-0.4, -0.2) is 65.2 Å². The number of carbonyl (C=O) groups is 1. The average molecular weight is 430 g/mol. The minimum absolute atomic E-state index is 0.149. The molecule has 8 nitrogen and oxygen atoms in total. The Labute approximate surface area is 183 Å². The number of amides is 2. The number of nitrogens with zero attached hydrogens (tertiary/aromatic N) is 3. The molecule has 0 aromatic heterocycles. The lowest BCUT2D eigenvalue weighted by molar-refractivity contribution is -0.798. The van der Waals surface area contributed by atoms with Gasteiger partial charge in [-0.05, 0) is 37.1 Å². The highest BCUT2D eigenvalue weighted by Gasteiger charge is 2.36. The Kier molecular flexibility index (Phi) is 6.62. The Bertz CT molecular complexity index is 932. The first-order chi connectivity index (χ1) is 14.7. The number of carbonyl (C=O) groups excluding carboxylic acids is 1. The fourth-order valence-electron chi connectivity index (χ4n) is 3.79. The van der Waals surface area contributed by atoms with E-state index in [1.165, 1.54) is 4.90 Å². The maximum Gasteiger partial charge on any atom is 0.423 e. The van der Waals surface area contributed by atoms with Gasteiger partial charge >= 0.3 is 6.03 Å². The summed E-state index contributed by atoms with van der Waals surface area (Å²) >= 11 is 0. The molecule has 0 N–H and O–H groups in total. The monoisotopic (exact) mass is 429 g/mol. The van der Waals surface area contributed by atoms with Gasteiger partial charge in [-0.2, -0.15) is 0 Å². The van der Waals surface area contributed by atoms with Gasteiger partial charge in [-0.25, -0.2) is 4.79 Å². The van der Waals surface area contributed by atoms with Crippen molar-refractivity contribution in [2.24, 2.45) is 0 Å². The number of benzene rings is 2. The lowest BCUT2D eigenvalue weighted by Gasteiger charge is -2.47. The van der Waals surface area contributed by atoms with Crippen LogP contribution in [0.3, 0.4) is 0 Å². The van der Waals surface area contributed by atoms with Crippen LogP contribution in [0.2, 0.25) is 0 Å². The van der Waals surface area contributed by atoms with E-state index in [4.69, 9.17) is 14.2 Å². The van der Waals surface area contributed by atoms with Crippen molar-refractivity contribution in [3.8, 4) is 17.2 Å². The number of hydrogen-bond acceptors (Lipinski definition) is 6. The number of ether oxygens (including phenoxy) is 3. The normalized spacial score (nSPS) is 15.4. The van der Waals surface area contributed by atoms with Crippen LogP contribution < -0.4 is 24.0 Å². The molecule has 0 radical (unpaired) electrons. The summed E-state index contributed by atoms with van der Waals surface area (Å²) in [5.41, 5.74) is 3.60. The first-order valence-corrected chi connectivity index (χ1v) is 10.2. The molecule has 2 amide bonds. The molecule has 8 heteroatoms. The lowest BCUT2D eigenvalue weighted by atomic mass is 10.1. The van der Waals surface area contributed by atoms with Crippen LogP contribution in [0.15, 0.2) is 30.3 Å². The number of piperazine rings is 1. The third-order valence-corrected chi connectivity index (χ3v) is 5.96. The molecule has 1 aliphatic heterocycles. The van der Waals surface area contributed by atoms with Crippen LogP contribution in [0.25, 0.3) is 0 Å². The minimum atomic E-state index is -0.913. The number of rotatable bonds is 5. The van der Waals surface area contributed by atoms with E-state index in [0.29, 0.717) is 36.0 Å². The van der Waals surface area contributed by atoms with E-state index in [2.05, 4.69) is 4.90 Å². The van der Waals surface area contributed by atoms with Crippen molar-refractivity contribution in [1.29, 1.82) is 0 Å². The van der Waals surface area contributed by atoms with Crippen LogP contribution in [0.4, 0.5) is 16.2 Å². The van der Waals surface area contributed by atoms with Gasteiger partial charge < -0.3 is 24.3 Å². The third-order valence-electron chi connectivity index (χ3n) is 5.96. The number of hydroxylamine groups is 3. The van der Waals surface area contributed by atoms with Crippen LogP contribution >= 0.6 is 0 Å². The quantitative estimate of drug-likeness (QED) is 0.533. The summed E-state index contributed by atoms with van der Waals surface area (Å²) in [6.07, 6.45) is 0. The average Bonchev–Trinajstić information content (AvgIpc) is 2.79. The predicted molar refractivity (Wildman–Crippen MR) is 121 cm³/mol. The molecule has 1 heterocycles. The SMILES string of the molecule is COc1cc(OC)cc(N2CC[N+]([O-])(C(=O)N(C)c3cc(C)c(C)cc3OC)CC2)c1. The second-order valence-corrected chi connectivity index (χ2v) is 7.84. The Morgan fingerprint density at radius 1 is 0.935 bits per heavy atom. The van der Waals surface area contributed by atoms with E-state index in [1.54, 1.807) is 34.4 Å². The molecule has 0 unspecified atom stereocenters. The molecule has 0 bridgehead atoms. The first kappa shape index (κ1) is 22.7. The predicted octanol–water partition coefficient (Wildman–Crippen LogP) is 3.72. The summed E-state index contributed by atoms with van der Waals surface area (Å²) in [5.74, 6) is 1.94. The fraction of sp³-hybridized carbons (Fsp3) is 0.435. The van der Waals surface area contributed by atoms with Gasteiger partial charge in [0, 0.05) is 30.9 Å². The molecular formula is C23H31N3O5. The van der Waals surface area contributed by atoms with Gasteiger partial charge in [-0.15, -0.1) is 0 Å². The second kappa shape index (κ2) is 9.03. The molecule has 0 spiro atoms. The van der Waals surface area contributed by atoms with Gasteiger partial charge in [-0.3, -0.25) is 9.55 Å². The number of quaternary nitrogens is 1. The van der Waals surface area contributed by atoms with Crippen molar-refractivity contribution in [1.82, 2.24) is 0 Å². The van der Waals surface area contributed by atoms with Crippen molar-refractivity contribution < 1.29 is 23.7 Å². The zero-order valence-electron chi connectivity index (χ0n) is 19.1. The Morgan fingerprint density at radius 2 is 1.48 bits per heavy atom. The van der Waals surface area contributed by atoms with Gasteiger partial charge in [0.25, 0.3) is 0 Å². The topological polar surface area (TPSA) is 74.3 Å². The fourth-order valence-corrected chi connectivity index (χ4v) is 3.79. The van der Waals surface area contributed by atoms with Crippen molar-refractivity contribution in [3.63, 3.8) is 0 Å². The smallest absolute Gasteiger partial charge is 0.423 e. The molecule has 2 aromatic rings. The zero-order valence-corrected chi connectivity index (χ0v) is 19.1. The molecule has 0 atom stereocenters. The molecular weight excluding hydrogens is 398 g/mol. The van der Waals surface area contributed by atoms with Crippen LogP contribution in [0.1, 0.15) is 11.1 Å². The van der Waals surface area contributed by atoms with Crippen LogP contribution in [0, 0.1) is 19.1 Å². The van der Waals surface area contributed by atoms with Crippen molar-refractivity contribution in [3.05, 3.63) is 46.7 Å². The Balaban J connectivity index is 1.77. The summed E-state index contributed by atoms with van der Waals surface area (Å²) in [7, 11) is 6.40. The van der Waals surface area contributed by atoms with E-state index < -0.39 is 10.7 Å². The number of hydrogen-bond donors (Lipinski definition) is 0. The van der Waals surface area contributed by atoms with Gasteiger partial charge in [0.2, 0.25) is 0 Å². The summed E-state index contributed by atoms with van der Waals surface area (Å²) in [4.78, 5) is 16.7. The van der Waals surface area contributed by atoms with E-state index in [9.17, 15) is 10.0 Å². The molecule has 1 saturated heterocycles. The van der Waals surface area contributed by atoms with Crippen molar-refractivity contribution in [2.75, 3.05) is 64.4 Å². The largest absolute Gasteiger partial charge is 0.624 e. The van der Waals surface area contributed by atoms with Crippen molar-refractivity contribution >= 4 is 17.4 Å². The standard InChI is InChI=1S/C23H31N3O5/c1-16-11-21(22(31-6)12-17(16)2)24(3)23(27)26(28)9-7-25(8-10-26)18-13-19(29-4)15-20(14-18)30-5/h11-15H,7-10H2,1-6H3. The summed E-state index contributed by atoms with van der Waals surface area (Å²) in [5, 5.41) is 13.4. The van der Waals surface area contributed by atoms with Gasteiger partial charge in [0.05, 0.1) is 40.1 Å². The molecule has 168 valence electrons. The summed E-state index contributed by atoms with van der Waals surface area (Å²) in [6.45, 7) is 5.15. The maximum atomic E-state index is 13.4. The molecule has 1 aliphatic rings. The highest BCUT2D eigenvalue weighted by atomic mass is 16.6. The zero-order chi connectivity index (χ0) is 22.8. The number of aryl methyl sites for hydroxylation is 2. The summed E-state index contributed by atoms with van der Waals surface area (Å²) < 4.78 is 15.2. The van der Waals surface area contributed by atoms with E-state index in [1.807, 2.05) is 38.1 Å². The Morgan fingerprint density at radius 3 is 2.00 bits per heavy atom. The second-order valence-electron chi connectivity index (χ2n) is 7.84. The van der Waals surface area contributed by atoms with Crippen LogP contribution in [0.5, 0.6) is 17.2 Å². The lowest BCUT2D eigenvalue weighted by Crippen LogP contribution is -2.62. The maximum absolute atomic E-state index is 13.4. The highest BCUT2D eigenvalue weighted by molar-refractivity contribution is 5.89. The van der Waals surface area contributed by atoms with Crippen molar-refractivity contribution in [2.45, 2.75) is 13.8 Å². The van der Waals surface area contributed by atoms with Crippen LogP contribution in [-0.2, 0) is 0 Å². The molecule has 0 saturated carbocycles. The van der Waals surface area contributed by atoms with Gasteiger partial charge in [0.15, 0.2) is 0 Å². The third kappa shape index (κ3) is 4.55. The number of urea groups is 1. The molecule has 1 fully saturated rings.